The lowest BCUT2D eigenvalue weighted by Gasteiger charge is -2.05. The number of halogens is 1. The Balaban J connectivity index is 1.70. The number of H-pyrrole nitrogens is 2. The molecule has 0 fully saturated rings. The number of hydrogen-bond donors (Lipinski definition) is 3. The van der Waals surface area contributed by atoms with Crippen molar-refractivity contribution < 1.29 is 14.6 Å². The fraction of sp³-hybridized carbons (Fsp3) is 0.0556. The largest absolute Gasteiger partial charge is 0.478 e. The van der Waals surface area contributed by atoms with Crippen LogP contribution in [-0.2, 0) is 0 Å². The second-order valence-electron chi connectivity index (χ2n) is 5.76. The van der Waals surface area contributed by atoms with Crippen LogP contribution >= 0.6 is 11.6 Å². The highest BCUT2D eigenvalue weighted by Crippen LogP contribution is 2.32. The molecular weight excluding hydrogens is 356 g/mol. The number of nitrogens with zero attached hydrogens (tertiary/aromatic N) is 2. The first kappa shape index (κ1) is 16.2. The highest BCUT2D eigenvalue weighted by Gasteiger charge is 2.13. The Morgan fingerprint density at radius 3 is 2.85 bits per heavy atom. The molecule has 0 bridgehead atoms. The van der Waals surface area contributed by atoms with E-state index < -0.39 is 5.97 Å². The summed E-state index contributed by atoms with van der Waals surface area (Å²) in [4.78, 5) is 18.7. The van der Waals surface area contributed by atoms with Gasteiger partial charge in [-0.3, -0.25) is 5.10 Å². The number of benzene rings is 2. The van der Waals surface area contributed by atoms with Crippen molar-refractivity contribution in [3.05, 3.63) is 58.9 Å². The van der Waals surface area contributed by atoms with Crippen LogP contribution in [0.1, 0.15) is 15.9 Å². The van der Waals surface area contributed by atoms with E-state index in [1.165, 1.54) is 6.07 Å². The molecule has 0 saturated heterocycles. The van der Waals surface area contributed by atoms with Gasteiger partial charge >= 0.3 is 5.97 Å². The van der Waals surface area contributed by atoms with Gasteiger partial charge in [-0.05, 0) is 36.8 Å². The molecule has 0 spiro atoms. The lowest BCUT2D eigenvalue weighted by Crippen LogP contribution is -2.00. The Morgan fingerprint density at radius 2 is 2.12 bits per heavy atom. The van der Waals surface area contributed by atoms with E-state index in [4.69, 9.17) is 16.3 Å². The Labute approximate surface area is 152 Å². The Hall–Kier alpha value is -3.32. The van der Waals surface area contributed by atoms with E-state index in [-0.39, 0.29) is 11.6 Å². The summed E-state index contributed by atoms with van der Waals surface area (Å²) in [5, 5.41) is 16.5. The van der Waals surface area contributed by atoms with Gasteiger partial charge in [0, 0.05) is 17.3 Å². The van der Waals surface area contributed by atoms with Crippen LogP contribution in [0, 0.1) is 6.92 Å². The van der Waals surface area contributed by atoms with E-state index in [0.29, 0.717) is 27.4 Å². The Kier molecular flexibility index (Phi) is 3.85. The summed E-state index contributed by atoms with van der Waals surface area (Å²) in [6, 6.07) is 8.70. The number of aromatic amines is 2. The van der Waals surface area contributed by atoms with Gasteiger partial charge in [0.2, 0.25) is 0 Å². The molecule has 0 saturated carbocycles. The van der Waals surface area contributed by atoms with Crippen LogP contribution in [0.4, 0.5) is 0 Å². The zero-order chi connectivity index (χ0) is 18.3. The minimum atomic E-state index is -1.01. The summed E-state index contributed by atoms with van der Waals surface area (Å²) in [5.41, 5.74) is 3.88. The van der Waals surface area contributed by atoms with Gasteiger partial charge < -0.3 is 14.8 Å². The monoisotopic (exact) mass is 368 g/mol. The number of carboxylic acid groups (broad SMARTS) is 1. The van der Waals surface area contributed by atoms with E-state index in [9.17, 15) is 9.90 Å². The minimum absolute atomic E-state index is 0.184. The zero-order valence-corrected chi connectivity index (χ0v) is 14.3. The number of carbonyl (C=O) groups is 1. The van der Waals surface area contributed by atoms with Crippen LogP contribution in [-0.4, -0.2) is 31.2 Å². The van der Waals surface area contributed by atoms with Gasteiger partial charge in [-0.15, -0.1) is 0 Å². The van der Waals surface area contributed by atoms with Crippen molar-refractivity contribution in [3.8, 4) is 22.9 Å². The van der Waals surface area contributed by atoms with Gasteiger partial charge in [0.05, 0.1) is 27.8 Å². The summed E-state index contributed by atoms with van der Waals surface area (Å²) in [5.74, 6) is -0.623. The molecule has 0 aliphatic rings. The normalized spacial score (nSPS) is 11.0. The third-order valence-corrected chi connectivity index (χ3v) is 4.32. The topological polar surface area (TPSA) is 104 Å². The van der Waals surface area contributed by atoms with E-state index in [2.05, 4.69) is 20.2 Å². The first-order valence-corrected chi connectivity index (χ1v) is 8.09. The maximum Gasteiger partial charge on any atom is 0.336 e. The van der Waals surface area contributed by atoms with Crippen molar-refractivity contribution >= 4 is 28.6 Å². The molecule has 2 aromatic heterocycles. The molecule has 7 nitrogen and oxygen atoms in total. The number of aromatic carboxylic acids is 1. The molecule has 0 radical (unpaired) electrons. The predicted octanol–water partition coefficient (Wildman–Crippen LogP) is 4.41. The molecule has 2 heterocycles. The minimum Gasteiger partial charge on any atom is -0.478 e. The lowest BCUT2D eigenvalue weighted by atomic mass is 10.1. The summed E-state index contributed by atoms with van der Waals surface area (Å²) < 4.78 is 5.69. The standard InChI is InChI=1S/C18H13ClN4O3/c1-9-2-3-11(4-12(9)17(24)25)26-18-22-15-5-13(10-7-20-21-8-10)14(19)6-16(15)23-18/h2-8H,1H3,(H,20,21)(H,22,23)(H,24,25). The number of carboxylic acids is 1. The molecule has 3 N–H and O–H groups in total. The Bertz CT molecular complexity index is 1120. The van der Waals surface area contributed by atoms with Gasteiger partial charge in [-0.2, -0.15) is 10.1 Å². The number of imidazole rings is 1. The third kappa shape index (κ3) is 2.89. The van der Waals surface area contributed by atoms with Crippen molar-refractivity contribution in [1.29, 1.82) is 0 Å². The first-order valence-electron chi connectivity index (χ1n) is 7.71. The molecule has 0 unspecified atom stereocenters. The average molecular weight is 369 g/mol. The highest BCUT2D eigenvalue weighted by molar-refractivity contribution is 6.34. The maximum absolute atomic E-state index is 11.3. The molecule has 4 aromatic rings. The molecule has 0 aliphatic carbocycles. The fourth-order valence-electron chi connectivity index (χ4n) is 2.68. The lowest BCUT2D eigenvalue weighted by molar-refractivity contribution is 0.0695. The molecular formula is C18H13ClN4O3. The molecule has 8 heteroatoms. The van der Waals surface area contributed by atoms with Crippen LogP contribution in [0.5, 0.6) is 11.8 Å². The maximum atomic E-state index is 11.3. The molecule has 130 valence electrons. The fourth-order valence-corrected chi connectivity index (χ4v) is 2.95. The molecule has 2 aromatic carbocycles. The average Bonchev–Trinajstić information content (AvgIpc) is 3.24. The van der Waals surface area contributed by atoms with Gasteiger partial charge in [0.15, 0.2) is 0 Å². The zero-order valence-electron chi connectivity index (χ0n) is 13.6. The van der Waals surface area contributed by atoms with Crippen molar-refractivity contribution in [2.24, 2.45) is 0 Å². The van der Waals surface area contributed by atoms with Crippen molar-refractivity contribution in [2.45, 2.75) is 6.92 Å². The smallest absolute Gasteiger partial charge is 0.336 e. The number of aromatic nitrogens is 4. The van der Waals surface area contributed by atoms with E-state index >= 15 is 0 Å². The van der Waals surface area contributed by atoms with Gasteiger partial charge in [-0.1, -0.05) is 17.7 Å². The van der Waals surface area contributed by atoms with Crippen LogP contribution in [0.15, 0.2) is 42.7 Å². The highest BCUT2D eigenvalue weighted by atomic mass is 35.5. The van der Waals surface area contributed by atoms with Crippen LogP contribution < -0.4 is 4.74 Å². The van der Waals surface area contributed by atoms with Crippen molar-refractivity contribution in [3.63, 3.8) is 0 Å². The number of rotatable bonds is 4. The quantitative estimate of drug-likeness (QED) is 0.495. The van der Waals surface area contributed by atoms with E-state index in [0.717, 1.165) is 11.1 Å². The molecule has 26 heavy (non-hydrogen) atoms. The number of fused-ring (bicyclic) bond motifs is 1. The molecule has 4 rings (SSSR count). The van der Waals surface area contributed by atoms with E-state index in [1.807, 2.05) is 6.07 Å². The van der Waals surface area contributed by atoms with Gasteiger partial charge in [0.1, 0.15) is 5.75 Å². The molecule has 0 amide bonds. The number of ether oxygens (including phenoxy) is 1. The number of nitrogens with one attached hydrogen (secondary N) is 2. The summed E-state index contributed by atoms with van der Waals surface area (Å²) in [6.45, 7) is 1.73. The predicted molar refractivity (Wildman–Crippen MR) is 96.9 cm³/mol. The molecule has 0 atom stereocenters. The van der Waals surface area contributed by atoms with Crippen LogP contribution in [0.3, 0.4) is 0 Å². The SMILES string of the molecule is Cc1ccc(Oc2nc3cc(-c4cn[nH]c4)c(Cl)cc3[nH]2)cc1C(=O)O. The number of aryl methyl sites for hydroxylation is 1. The van der Waals surface area contributed by atoms with Crippen molar-refractivity contribution in [2.75, 3.05) is 0 Å². The summed E-state index contributed by atoms with van der Waals surface area (Å²) >= 11 is 6.34. The summed E-state index contributed by atoms with van der Waals surface area (Å²) in [6.07, 6.45) is 3.42. The molecule has 0 aliphatic heterocycles. The Morgan fingerprint density at radius 1 is 1.27 bits per heavy atom. The summed E-state index contributed by atoms with van der Waals surface area (Å²) in [7, 11) is 0. The van der Waals surface area contributed by atoms with Gasteiger partial charge in [-0.25, -0.2) is 4.79 Å². The van der Waals surface area contributed by atoms with Gasteiger partial charge in [0.25, 0.3) is 6.01 Å². The second-order valence-corrected chi connectivity index (χ2v) is 6.17. The van der Waals surface area contributed by atoms with E-state index in [1.54, 1.807) is 37.5 Å². The van der Waals surface area contributed by atoms with Crippen LogP contribution in [0.25, 0.3) is 22.2 Å². The second kappa shape index (κ2) is 6.20. The van der Waals surface area contributed by atoms with Crippen LogP contribution in [0.2, 0.25) is 5.02 Å². The number of hydrogen-bond acceptors (Lipinski definition) is 4. The van der Waals surface area contributed by atoms with Crippen molar-refractivity contribution in [1.82, 2.24) is 20.2 Å². The first-order chi connectivity index (χ1) is 12.5. The third-order valence-electron chi connectivity index (χ3n) is 4.01.